The van der Waals surface area contributed by atoms with E-state index in [-0.39, 0.29) is 12.0 Å². The van der Waals surface area contributed by atoms with Crippen LogP contribution < -0.4 is 0 Å². The largest absolute Gasteiger partial charge is 0.450 e. The maximum Gasteiger partial charge on any atom is 0.409 e. The molecule has 3 aliphatic rings. The quantitative estimate of drug-likeness (QED) is 0.790. The van der Waals surface area contributed by atoms with Crippen LogP contribution in [0.15, 0.2) is 0 Å². The molecule has 1 atom stereocenters. The van der Waals surface area contributed by atoms with Crippen LogP contribution in [0, 0.1) is 5.92 Å². The molecule has 2 amide bonds. The van der Waals surface area contributed by atoms with Crippen molar-refractivity contribution in [2.24, 2.45) is 5.92 Å². The smallest absolute Gasteiger partial charge is 0.409 e. The van der Waals surface area contributed by atoms with Gasteiger partial charge in [0.05, 0.1) is 12.5 Å². The summed E-state index contributed by atoms with van der Waals surface area (Å²) in [5, 5.41) is 0. The van der Waals surface area contributed by atoms with Gasteiger partial charge >= 0.3 is 6.09 Å². The fourth-order valence-electron chi connectivity index (χ4n) is 4.36. The number of likely N-dealkylation sites (tertiary alicyclic amines) is 3. The van der Waals surface area contributed by atoms with Crippen molar-refractivity contribution in [1.29, 1.82) is 0 Å². The minimum absolute atomic E-state index is 0.180. The van der Waals surface area contributed by atoms with Gasteiger partial charge in [-0.25, -0.2) is 4.79 Å². The first-order valence-corrected chi connectivity index (χ1v) is 9.63. The second kappa shape index (κ2) is 8.19. The van der Waals surface area contributed by atoms with Gasteiger partial charge in [0.1, 0.15) is 0 Å². The highest BCUT2D eigenvalue weighted by molar-refractivity contribution is 5.79. The molecule has 0 spiro atoms. The molecule has 136 valence electrons. The zero-order chi connectivity index (χ0) is 16.9. The van der Waals surface area contributed by atoms with Gasteiger partial charge in [0.15, 0.2) is 0 Å². The molecule has 3 aliphatic heterocycles. The van der Waals surface area contributed by atoms with Crippen LogP contribution in [0.3, 0.4) is 0 Å². The third kappa shape index (κ3) is 4.02. The zero-order valence-electron chi connectivity index (χ0n) is 14.9. The summed E-state index contributed by atoms with van der Waals surface area (Å²) in [6.07, 6.45) is 6.27. The van der Waals surface area contributed by atoms with Crippen LogP contribution in [0.5, 0.6) is 0 Å². The number of nitrogens with zero attached hydrogens (tertiary/aromatic N) is 3. The van der Waals surface area contributed by atoms with E-state index >= 15 is 0 Å². The Labute approximate surface area is 145 Å². The van der Waals surface area contributed by atoms with Gasteiger partial charge in [-0.2, -0.15) is 0 Å². The zero-order valence-corrected chi connectivity index (χ0v) is 14.9. The van der Waals surface area contributed by atoms with Crippen LogP contribution in [0.2, 0.25) is 0 Å². The third-order valence-corrected chi connectivity index (χ3v) is 5.73. The maximum absolute atomic E-state index is 12.7. The highest BCUT2D eigenvalue weighted by Gasteiger charge is 2.34. The Bertz CT molecular complexity index is 443. The van der Waals surface area contributed by atoms with Crippen molar-refractivity contribution < 1.29 is 14.3 Å². The molecule has 0 radical (unpaired) electrons. The summed E-state index contributed by atoms with van der Waals surface area (Å²) in [6.45, 7) is 7.71. The van der Waals surface area contributed by atoms with Crippen LogP contribution in [-0.2, 0) is 9.53 Å². The summed E-state index contributed by atoms with van der Waals surface area (Å²) in [5.74, 6) is 0.557. The molecule has 0 unspecified atom stereocenters. The minimum atomic E-state index is -0.184. The molecule has 0 bridgehead atoms. The van der Waals surface area contributed by atoms with Crippen LogP contribution in [0.1, 0.15) is 45.4 Å². The summed E-state index contributed by atoms with van der Waals surface area (Å²) in [7, 11) is 0. The molecule has 0 aliphatic carbocycles. The molecular weight excluding hydrogens is 306 g/mol. The van der Waals surface area contributed by atoms with Crippen LogP contribution >= 0.6 is 0 Å². The second-order valence-corrected chi connectivity index (χ2v) is 7.28. The topological polar surface area (TPSA) is 53.1 Å². The third-order valence-electron chi connectivity index (χ3n) is 5.73. The predicted molar refractivity (Wildman–Crippen MR) is 91.7 cm³/mol. The molecule has 3 heterocycles. The van der Waals surface area contributed by atoms with E-state index in [4.69, 9.17) is 4.74 Å². The summed E-state index contributed by atoms with van der Waals surface area (Å²) < 4.78 is 5.09. The van der Waals surface area contributed by atoms with Gasteiger partial charge < -0.3 is 14.5 Å². The fraction of sp³-hybridized carbons (Fsp3) is 0.889. The van der Waals surface area contributed by atoms with Crippen molar-refractivity contribution in [1.82, 2.24) is 14.7 Å². The Hall–Kier alpha value is -1.30. The van der Waals surface area contributed by atoms with Crippen LogP contribution in [0.25, 0.3) is 0 Å². The minimum Gasteiger partial charge on any atom is -0.450 e. The number of piperidine rings is 2. The van der Waals surface area contributed by atoms with E-state index in [1.165, 1.54) is 0 Å². The lowest BCUT2D eigenvalue weighted by molar-refractivity contribution is -0.136. The molecule has 6 nitrogen and oxygen atoms in total. The first-order valence-electron chi connectivity index (χ1n) is 9.63. The normalized spacial score (nSPS) is 26.6. The van der Waals surface area contributed by atoms with E-state index in [1.807, 2.05) is 11.8 Å². The molecule has 24 heavy (non-hydrogen) atoms. The number of carbonyl (C=O) groups is 2. The molecule has 6 heteroatoms. The summed E-state index contributed by atoms with van der Waals surface area (Å²) in [5.41, 5.74) is 0. The van der Waals surface area contributed by atoms with Gasteiger partial charge in [-0.3, -0.25) is 9.69 Å². The van der Waals surface area contributed by atoms with Gasteiger partial charge in [-0.05, 0) is 52.0 Å². The number of carbonyl (C=O) groups excluding carboxylic acids is 2. The summed E-state index contributed by atoms with van der Waals surface area (Å²) in [4.78, 5) is 30.9. The number of hydrogen-bond acceptors (Lipinski definition) is 4. The highest BCUT2D eigenvalue weighted by atomic mass is 16.6. The van der Waals surface area contributed by atoms with E-state index in [1.54, 1.807) is 0 Å². The van der Waals surface area contributed by atoms with Crippen LogP contribution in [0.4, 0.5) is 4.79 Å². The van der Waals surface area contributed by atoms with Crippen molar-refractivity contribution in [2.45, 2.75) is 51.5 Å². The van der Waals surface area contributed by atoms with E-state index < -0.39 is 0 Å². The SMILES string of the molecule is CCOC(=O)N1CCC(N2CCC[C@H](C(=O)N3CCCC3)C2)CC1. The van der Waals surface area contributed by atoms with Gasteiger partial charge in [0.2, 0.25) is 5.91 Å². The standard InChI is InChI=1S/C18H31N3O3/c1-2-24-18(23)20-12-7-16(8-13-20)21-11-5-6-15(14-21)17(22)19-9-3-4-10-19/h15-16H,2-14H2,1H3/t15-/m0/s1. The Morgan fingerprint density at radius 2 is 1.62 bits per heavy atom. The predicted octanol–water partition coefficient (Wildman–Crippen LogP) is 1.94. The van der Waals surface area contributed by atoms with Gasteiger partial charge in [-0.15, -0.1) is 0 Å². The average Bonchev–Trinajstić information content (AvgIpc) is 3.16. The van der Waals surface area contributed by atoms with E-state index in [0.29, 0.717) is 18.6 Å². The number of rotatable bonds is 3. The number of hydrogen-bond donors (Lipinski definition) is 0. The van der Waals surface area contributed by atoms with Crippen molar-refractivity contribution in [3.8, 4) is 0 Å². The van der Waals surface area contributed by atoms with Gasteiger partial charge in [0.25, 0.3) is 0 Å². The van der Waals surface area contributed by atoms with Crippen molar-refractivity contribution >= 4 is 12.0 Å². The highest BCUT2D eigenvalue weighted by Crippen LogP contribution is 2.26. The van der Waals surface area contributed by atoms with Crippen LogP contribution in [-0.4, -0.2) is 78.6 Å². The molecule has 3 rings (SSSR count). The fourth-order valence-corrected chi connectivity index (χ4v) is 4.36. The Morgan fingerprint density at radius 3 is 2.29 bits per heavy atom. The Balaban J connectivity index is 1.48. The molecule has 3 fully saturated rings. The van der Waals surface area contributed by atoms with Crippen molar-refractivity contribution in [3.63, 3.8) is 0 Å². The lowest BCUT2D eigenvalue weighted by Crippen LogP contribution is -2.51. The maximum atomic E-state index is 12.7. The van der Waals surface area contributed by atoms with Crippen molar-refractivity contribution in [3.05, 3.63) is 0 Å². The summed E-state index contributed by atoms with van der Waals surface area (Å²) >= 11 is 0. The van der Waals surface area contributed by atoms with Gasteiger partial charge in [0, 0.05) is 38.8 Å². The molecule has 0 aromatic rings. The molecular formula is C18H31N3O3. The van der Waals surface area contributed by atoms with Crippen molar-refractivity contribution in [2.75, 3.05) is 45.9 Å². The lowest BCUT2D eigenvalue weighted by atomic mass is 9.93. The second-order valence-electron chi connectivity index (χ2n) is 7.28. The van der Waals surface area contributed by atoms with E-state index in [2.05, 4.69) is 9.80 Å². The monoisotopic (exact) mass is 337 g/mol. The number of amides is 2. The van der Waals surface area contributed by atoms with E-state index in [0.717, 1.165) is 77.8 Å². The summed E-state index contributed by atoms with van der Waals surface area (Å²) in [6, 6.07) is 0.504. The molecule has 0 aromatic carbocycles. The Kier molecular flexibility index (Phi) is 5.98. The molecule has 3 saturated heterocycles. The first kappa shape index (κ1) is 17.5. The lowest BCUT2D eigenvalue weighted by Gasteiger charge is -2.42. The van der Waals surface area contributed by atoms with Gasteiger partial charge in [-0.1, -0.05) is 0 Å². The number of ether oxygens (including phenoxy) is 1. The Morgan fingerprint density at radius 1 is 0.917 bits per heavy atom. The molecule has 0 saturated carbocycles. The van der Waals surface area contributed by atoms with E-state index in [9.17, 15) is 9.59 Å². The average molecular weight is 337 g/mol. The molecule has 0 N–H and O–H groups in total. The molecule has 0 aromatic heterocycles. The first-order chi connectivity index (χ1) is 11.7.